The van der Waals surface area contributed by atoms with Crippen LogP contribution in [0.25, 0.3) is 0 Å². The van der Waals surface area contributed by atoms with E-state index in [1.807, 2.05) is 32.0 Å². The van der Waals surface area contributed by atoms with Gasteiger partial charge in [-0.25, -0.2) is 4.79 Å². The van der Waals surface area contributed by atoms with Gasteiger partial charge in [-0.1, -0.05) is 47.1 Å². The predicted octanol–water partition coefficient (Wildman–Crippen LogP) is 5.47. The predicted molar refractivity (Wildman–Crippen MR) is 113 cm³/mol. The maximum Gasteiger partial charge on any atom is 0.416 e. The molecule has 2 amide bonds. The van der Waals surface area contributed by atoms with Crippen LogP contribution in [0, 0.1) is 0 Å². The highest BCUT2D eigenvalue weighted by atomic mass is 35.5. The average molecular weight is 454 g/mol. The molecule has 0 saturated carbocycles. The molecular weight excluding hydrogens is 431 g/mol. The Morgan fingerprint density at radius 3 is 2.52 bits per heavy atom. The van der Waals surface area contributed by atoms with Gasteiger partial charge in [0, 0.05) is 29.6 Å². The Kier molecular flexibility index (Phi) is 7.10. The van der Waals surface area contributed by atoms with E-state index in [2.05, 4.69) is 10.5 Å². The summed E-state index contributed by atoms with van der Waals surface area (Å²) in [6, 6.07) is 11.6. The Hall–Kier alpha value is -2.74. The van der Waals surface area contributed by atoms with Crippen LogP contribution in [0.2, 0.25) is 5.02 Å². The third-order valence-electron chi connectivity index (χ3n) is 4.70. The van der Waals surface area contributed by atoms with Gasteiger partial charge < -0.3 is 15.1 Å². The zero-order chi connectivity index (χ0) is 22.6. The summed E-state index contributed by atoms with van der Waals surface area (Å²) in [4.78, 5) is 19.7. The molecule has 2 aromatic carbocycles. The molecule has 0 fully saturated rings. The smallest absolute Gasteiger partial charge is 0.390 e. The van der Waals surface area contributed by atoms with E-state index in [1.54, 1.807) is 6.07 Å². The van der Waals surface area contributed by atoms with Crippen LogP contribution in [0.15, 0.2) is 53.7 Å². The van der Waals surface area contributed by atoms with Gasteiger partial charge in [-0.15, -0.1) is 0 Å². The Bertz CT molecular complexity index is 946. The summed E-state index contributed by atoms with van der Waals surface area (Å²) in [5.41, 5.74) is 1.31. The number of alkyl halides is 3. The van der Waals surface area contributed by atoms with Crippen molar-refractivity contribution in [1.82, 2.24) is 10.2 Å². The second-order valence-corrected chi connectivity index (χ2v) is 8.04. The molecule has 0 bridgehead atoms. The van der Waals surface area contributed by atoms with E-state index in [9.17, 15) is 18.0 Å². The maximum absolute atomic E-state index is 12.8. The number of benzene rings is 2. The number of oxime groups is 1. The number of rotatable bonds is 6. The van der Waals surface area contributed by atoms with Crippen molar-refractivity contribution < 1.29 is 22.8 Å². The van der Waals surface area contributed by atoms with Gasteiger partial charge in [0.15, 0.2) is 6.10 Å². The normalized spacial score (nSPS) is 16.1. The summed E-state index contributed by atoms with van der Waals surface area (Å²) in [6.07, 6.45) is -4.34. The SMILES string of the molecule is CC(C)NC(=O)N(Cc1ccc(C(F)(F)F)cc1)C[C@@H]1CC(c2ccccc2Cl)=NO1. The van der Waals surface area contributed by atoms with Crippen LogP contribution in [0.4, 0.5) is 18.0 Å². The molecule has 3 rings (SSSR count). The molecule has 2 aromatic rings. The number of hydrogen-bond acceptors (Lipinski definition) is 3. The van der Waals surface area contributed by atoms with E-state index in [0.717, 1.165) is 17.7 Å². The van der Waals surface area contributed by atoms with Crippen LogP contribution >= 0.6 is 11.6 Å². The first-order valence-electron chi connectivity index (χ1n) is 9.82. The van der Waals surface area contributed by atoms with E-state index in [0.29, 0.717) is 22.7 Å². The molecule has 0 spiro atoms. The summed E-state index contributed by atoms with van der Waals surface area (Å²) < 4.78 is 38.4. The number of hydrogen-bond donors (Lipinski definition) is 1. The van der Waals surface area contributed by atoms with Crippen molar-refractivity contribution in [2.24, 2.45) is 5.16 Å². The molecule has 166 valence electrons. The average Bonchev–Trinajstić information content (AvgIpc) is 3.15. The molecule has 0 unspecified atom stereocenters. The Balaban J connectivity index is 1.70. The fraction of sp³-hybridized carbons (Fsp3) is 0.364. The quantitative estimate of drug-likeness (QED) is 0.630. The number of nitrogens with zero attached hydrogens (tertiary/aromatic N) is 2. The van der Waals surface area contributed by atoms with Crippen molar-refractivity contribution in [3.63, 3.8) is 0 Å². The molecule has 1 aliphatic heterocycles. The molecule has 31 heavy (non-hydrogen) atoms. The number of nitrogens with one attached hydrogen (secondary N) is 1. The fourth-order valence-corrected chi connectivity index (χ4v) is 3.45. The zero-order valence-electron chi connectivity index (χ0n) is 17.1. The van der Waals surface area contributed by atoms with Crippen molar-refractivity contribution in [1.29, 1.82) is 0 Å². The van der Waals surface area contributed by atoms with Gasteiger partial charge in [0.2, 0.25) is 0 Å². The number of carbonyl (C=O) groups excluding carboxylic acids is 1. The second kappa shape index (κ2) is 9.60. The zero-order valence-corrected chi connectivity index (χ0v) is 17.9. The number of amides is 2. The van der Waals surface area contributed by atoms with Crippen LogP contribution in [-0.4, -0.2) is 35.3 Å². The Morgan fingerprint density at radius 1 is 1.23 bits per heavy atom. The molecule has 0 aliphatic carbocycles. The molecule has 1 atom stereocenters. The first kappa shape index (κ1) is 22.9. The van der Waals surface area contributed by atoms with Gasteiger partial charge >= 0.3 is 12.2 Å². The minimum absolute atomic E-state index is 0.0953. The van der Waals surface area contributed by atoms with Gasteiger partial charge in [0.05, 0.1) is 17.8 Å². The van der Waals surface area contributed by atoms with E-state index in [1.165, 1.54) is 17.0 Å². The summed E-state index contributed by atoms with van der Waals surface area (Å²) in [6.45, 7) is 4.02. The van der Waals surface area contributed by atoms with Gasteiger partial charge in [-0.3, -0.25) is 0 Å². The molecule has 9 heteroatoms. The van der Waals surface area contributed by atoms with Crippen LogP contribution in [0.1, 0.15) is 37.0 Å². The van der Waals surface area contributed by atoms with Crippen LogP contribution in [0.3, 0.4) is 0 Å². The van der Waals surface area contributed by atoms with E-state index >= 15 is 0 Å². The molecule has 1 aliphatic rings. The third kappa shape index (κ3) is 6.13. The summed E-state index contributed by atoms with van der Waals surface area (Å²) in [5.74, 6) is 0. The van der Waals surface area contributed by atoms with Crippen LogP contribution in [0.5, 0.6) is 0 Å². The van der Waals surface area contributed by atoms with Crippen LogP contribution in [-0.2, 0) is 17.6 Å². The third-order valence-corrected chi connectivity index (χ3v) is 5.03. The standard InChI is InChI=1S/C22H23ClF3N3O2/c1-14(2)27-21(30)29(12-15-7-9-16(10-8-15)22(24,25)26)13-17-11-20(28-31-17)18-5-3-4-6-19(18)23/h3-10,14,17H,11-13H2,1-2H3,(H,27,30)/t17-/m0/s1. The number of carbonyl (C=O) groups is 1. The van der Waals surface area contributed by atoms with Gasteiger partial charge in [0.1, 0.15) is 0 Å². The summed E-state index contributed by atoms with van der Waals surface area (Å²) in [7, 11) is 0. The number of urea groups is 1. The van der Waals surface area contributed by atoms with E-state index in [4.69, 9.17) is 16.4 Å². The van der Waals surface area contributed by atoms with E-state index in [-0.39, 0.29) is 25.2 Å². The highest BCUT2D eigenvalue weighted by Gasteiger charge is 2.31. The lowest BCUT2D eigenvalue weighted by Crippen LogP contribution is -2.45. The van der Waals surface area contributed by atoms with Crippen molar-refractivity contribution in [3.8, 4) is 0 Å². The van der Waals surface area contributed by atoms with Crippen molar-refractivity contribution >= 4 is 23.3 Å². The first-order valence-corrected chi connectivity index (χ1v) is 10.2. The molecule has 0 radical (unpaired) electrons. The topological polar surface area (TPSA) is 53.9 Å². The Morgan fingerprint density at radius 2 is 1.90 bits per heavy atom. The van der Waals surface area contributed by atoms with Gasteiger partial charge in [0.25, 0.3) is 0 Å². The van der Waals surface area contributed by atoms with Crippen molar-refractivity contribution in [2.75, 3.05) is 6.54 Å². The lowest BCUT2D eigenvalue weighted by molar-refractivity contribution is -0.137. The summed E-state index contributed by atoms with van der Waals surface area (Å²) >= 11 is 6.23. The maximum atomic E-state index is 12.8. The molecule has 0 aromatic heterocycles. The molecule has 0 saturated heterocycles. The number of halogens is 4. The fourth-order valence-electron chi connectivity index (χ4n) is 3.20. The molecule has 1 heterocycles. The Labute approximate surface area is 183 Å². The lowest BCUT2D eigenvalue weighted by Gasteiger charge is -2.26. The highest BCUT2D eigenvalue weighted by molar-refractivity contribution is 6.34. The van der Waals surface area contributed by atoms with Crippen molar-refractivity contribution in [3.05, 3.63) is 70.2 Å². The van der Waals surface area contributed by atoms with E-state index < -0.39 is 17.8 Å². The summed E-state index contributed by atoms with van der Waals surface area (Å²) in [5, 5.41) is 7.49. The molecule has 1 N–H and O–H groups in total. The van der Waals surface area contributed by atoms with Gasteiger partial charge in [-0.2, -0.15) is 13.2 Å². The molecule has 5 nitrogen and oxygen atoms in total. The monoisotopic (exact) mass is 453 g/mol. The second-order valence-electron chi connectivity index (χ2n) is 7.63. The molecular formula is C22H23ClF3N3O2. The largest absolute Gasteiger partial charge is 0.416 e. The highest BCUT2D eigenvalue weighted by Crippen LogP contribution is 2.29. The van der Waals surface area contributed by atoms with Gasteiger partial charge in [-0.05, 0) is 37.6 Å². The van der Waals surface area contributed by atoms with Crippen LogP contribution < -0.4 is 5.32 Å². The van der Waals surface area contributed by atoms with Crippen molar-refractivity contribution in [2.45, 2.75) is 45.1 Å². The lowest BCUT2D eigenvalue weighted by atomic mass is 10.0. The first-order chi connectivity index (χ1) is 14.6. The minimum atomic E-state index is -4.41. The minimum Gasteiger partial charge on any atom is -0.390 e.